The predicted octanol–water partition coefficient (Wildman–Crippen LogP) is 4.76. The maximum Gasteiger partial charge on any atom is 0.266 e. The minimum atomic E-state index is -0.261. The number of nitrogens with zero attached hydrogens (tertiary/aromatic N) is 4. The van der Waals surface area contributed by atoms with Gasteiger partial charge in [-0.2, -0.15) is 0 Å². The van der Waals surface area contributed by atoms with Gasteiger partial charge in [-0.3, -0.25) is 18.7 Å². The molecule has 36 heavy (non-hydrogen) atoms. The molecule has 0 saturated heterocycles. The van der Waals surface area contributed by atoms with Crippen LogP contribution in [0.2, 0.25) is 0 Å². The van der Waals surface area contributed by atoms with E-state index in [4.69, 9.17) is 14.7 Å². The van der Waals surface area contributed by atoms with E-state index >= 15 is 0 Å². The van der Waals surface area contributed by atoms with Gasteiger partial charge in [-0.25, -0.2) is 9.97 Å². The van der Waals surface area contributed by atoms with E-state index in [1.165, 1.54) is 9.13 Å². The van der Waals surface area contributed by atoms with Crippen molar-refractivity contribution in [3.63, 3.8) is 0 Å². The predicted molar refractivity (Wildman–Crippen MR) is 140 cm³/mol. The Morgan fingerprint density at radius 1 is 0.556 bits per heavy atom. The van der Waals surface area contributed by atoms with Gasteiger partial charge in [0, 0.05) is 0 Å². The van der Waals surface area contributed by atoms with E-state index in [0.717, 1.165) is 0 Å². The van der Waals surface area contributed by atoms with Crippen LogP contribution in [0.3, 0.4) is 0 Å². The molecule has 0 amide bonds. The van der Waals surface area contributed by atoms with Crippen molar-refractivity contribution in [2.75, 3.05) is 7.11 Å². The van der Waals surface area contributed by atoms with Crippen molar-refractivity contribution in [2.24, 2.45) is 0 Å². The van der Waals surface area contributed by atoms with Crippen molar-refractivity contribution in [2.45, 2.75) is 0 Å². The zero-order valence-corrected chi connectivity index (χ0v) is 19.3. The lowest BCUT2D eigenvalue weighted by Crippen LogP contribution is -2.27. The summed E-state index contributed by atoms with van der Waals surface area (Å²) in [6.07, 6.45) is 0. The molecule has 0 N–H and O–H groups in total. The molecule has 0 radical (unpaired) electrons. The lowest BCUT2D eigenvalue weighted by Gasteiger charge is -2.18. The molecule has 0 saturated carbocycles. The Balaban J connectivity index is 1.78. The monoisotopic (exact) mass is 472 g/mol. The second kappa shape index (κ2) is 8.63. The van der Waals surface area contributed by atoms with Gasteiger partial charge in [0.25, 0.3) is 11.1 Å². The van der Waals surface area contributed by atoms with Crippen LogP contribution in [0.25, 0.3) is 44.8 Å². The molecule has 0 spiro atoms. The molecule has 0 aliphatic carbocycles. The maximum absolute atomic E-state index is 13.9. The molecule has 0 bridgehead atoms. The summed E-state index contributed by atoms with van der Waals surface area (Å²) < 4.78 is 8.31. The van der Waals surface area contributed by atoms with Gasteiger partial charge < -0.3 is 4.74 Å². The molecular weight excluding hydrogens is 452 g/mol. The first-order chi connectivity index (χ1) is 17.7. The number of hydrogen-bond acceptors (Lipinski definition) is 5. The number of methoxy groups -OCH3 is 1. The van der Waals surface area contributed by atoms with Crippen LogP contribution in [0, 0.1) is 0 Å². The van der Waals surface area contributed by atoms with E-state index in [9.17, 15) is 9.59 Å². The fourth-order valence-corrected chi connectivity index (χ4v) is 4.35. The third kappa shape index (κ3) is 3.45. The second-order valence-corrected chi connectivity index (χ2v) is 8.22. The Bertz CT molecular complexity index is 1860. The normalized spacial score (nSPS) is 11.1. The largest absolute Gasteiger partial charge is 0.497 e. The molecule has 2 aromatic heterocycles. The highest BCUT2D eigenvalue weighted by Gasteiger charge is 2.21. The van der Waals surface area contributed by atoms with Gasteiger partial charge >= 0.3 is 0 Å². The van der Waals surface area contributed by atoms with Gasteiger partial charge in [0.05, 0.1) is 40.3 Å². The molecule has 174 valence electrons. The molecule has 7 nitrogen and oxygen atoms in total. The van der Waals surface area contributed by atoms with Crippen LogP contribution in [0.1, 0.15) is 0 Å². The Morgan fingerprint density at radius 2 is 1.00 bits per heavy atom. The summed E-state index contributed by atoms with van der Waals surface area (Å²) in [5, 5.41) is 0.940. The van der Waals surface area contributed by atoms with Gasteiger partial charge in [-0.15, -0.1) is 0 Å². The summed E-state index contributed by atoms with van der Waals surface area (Å²) in [6, 6.07) is 30.7. The number of para-hydroxylation sites is 3. The molecule has 0 fully saturated rings. The Hall–Kier alpha value is -5.04. The number of hydrogen-bond donors (Lipinski definition) is 0. The van der Waals surface area contributed by atoms with Crippen molar-refractivity contribution in [3.8, 4) is 28.8 Å². The fourth-order valence-electron chi connectivity index (χ4n) is 4.35. The number of rotatable bonds is 4. The molecule has 2 heterocycles. The molecular formula is C29H20N4O3. The van der Waals surface area contributed by atoms with Crippen LogP contribution in [-0.4, -0.2) is 26.2 Å². The first-order valence-electron chi connectivity index (χ1n) is 11.4. The zero-order valence-electron chi connectivity index (χ0n) is 19.3. The van der Waals surface area contributed by atoms with Crippen molar-refractivity contribution < 1.29 is 4.74 Å². The molecule has 6 aromatic rings. The zero-order chi connectivity index (χ0) is 24.6. The molecule has 0 aliphatic heterocycles. The van der Waals surface area contributed by atoms with E-state index in [1.54, 1.807) is 61.7 Å². The molecule has 0 unspecified atom stereocenters. The number of ether oxygens (including phenoxy) is 1. The van der Waals surface area contributed by atoms with Crippen molar-refractivity contribution in [3.05, 3.63) is 124 Å². The fraction of sp³-hybridized carbons (Fsp3) is 0.0345. The van der Waals surface area contributed by atoms with Crippen LogP contribution in [-0.2, 0) is 0 Å². The molecule has 6 rings (SSSR count). The second-order valence-electron chi connectivity index (χ2n) is 8.22. The first kappa shape index (κ1) is 21.5. The van der Waals surface area contributed by atoms with Gasteiger partial charge in [0.15, 0.2) is 11.6 Å². The Morgan fingerprint density at radius 3 is 1.50 bits per heavy atom. The van der Waals surface area contributed by atoms with Crippen LogP contribution in [0.5, 0.6) is 5.75 Å². The summed E-state index contributed by atoms with van der Waals surface area (Å²) in [6.45, 7) is 0. The quantitative estimate of drug-likeness (QED) is 0.370. The van der Waals surface area contributed by atoms with Gasteiger partial charge in [0.1, 0.15) is 5.75 Å². The first-order valence-corrected chi connectivity index (χ1v) is 11.4. The smallest absolute Gasteiger partial charge is 0.266 e. The minimum Gasteiger partial charge on any atom is -0.497 e. The minimum absolute atomic E-state index is 0.245. The van der Waals surface area contributed by atoms with Crippen molar-refractivity contribution >= 4 is 21.8 Å². The van der Waals surface area contributed by atoms with Gasteiger partial charge in [0.2, 0.25) is 0 Å². The van der Waals surface area contributed by atoms with E-state index < -0.39 is 0 Å². The van der Waals surface area contributed by atoms with E-state index in [0.29, 0.717) is 38.9 Å². The van der Waals surface area contributed by atoms with Crippen LogP contribution >= 0.6 is 0 Å². The highest BCUT2D eigenvalue weighted by Crippen LogP contribution is 2.25. The topological polar surface area (TPSA) is 79.0 Å². The molecule has 0 atom stereocenters. The van der Waals surface area contributed by atoms with E-state index in [-0.39, 0.29) is 22.8 Å². The Kier molecular flexibility index (Phi) is 5.15. The van der Waals surface area contributed by atoms with Crippen LogP contribution < -0.4 is 15.9 Å². The Labute approximate surface area is 205 Å². The van der Waals surface area contributed by atoms with Crippen molar-refractivity contribution in [1.82, 2.24) is 19.1 Å². The number of aromatic nitrogens is 4. The maximum atomic E-state index is 13.9. The van der Waals surface area contributed by atoms with Crippen molar-refractivity contribution in [1.29, 1.82) is 0 Å². The third-order valence-electron chi connectivity index (χ3n) is 6.10. The SMILES string of the molecule is COc1ccc(-n2c(-c3nc4ccccc4c(=O)n3-c3ccccc3)nc3ccccc3c2=O)cc1. The van der Waals surface area contributed by atoms with E-state index in [2.05, 4.69) is 0 Å². The summed E-state index contributed by atoms with van der Waals surface area (Å²) in [5.41, 5.74) is 1.74. The average Bonchev–Trinajstić information content (AvgIpc) is 2.93. The van der Waals surface area contributed by atoms with Crippen LogP contribution in [0.15, 0.2) is 113 Å². The molecule has 0 aliphatic rings. The lowest BCUT2D eigenvalue weighted by molar-refractivity contribution is 0.414. The molecule has 7 heteroatoms. The standard InChI is InChI=1S/C29H20N4O3/c1-36-21-17-15-20(16-18-21)33-27(31-25-14-8-6-12-23(25)29(33)35)26-30-24-13-7-5-11-22(24)28(34)32(26)19-9-3-2-4-10-19/h2-18H,1H3. The van der Waals surface area contributed by atoms with Crippen LogP contribution in [0.4, 0.5) is 0 Å². The molecule has 4 aromatic carbocycles. The average molecular weight is 473 g/mol. The number of fused-ring (bicyclic) bond motifs is 2. The van der Waals surface area contributed by atoms with Gasteiger partial charge in [-0.1, -0.05) is 42.5 Å². The highest BCUT2D eigenvalue weighted by atomic mass is 16.5. The summed E-state index contributed by atoms with van der Waals surface area (Å²) in [5.74, 6) is 1.19. The van der Waals surface area contributed by atoms with E-state index in [1.807, 2.05) is 48.5 Å². The summed E-state index contributed by atoms with van der Waals surface area (Å²) in [4.78, 5) is 37.4. The van der Waals surface area contributed by atoms with Gasteiger partial charge in [-0.05, 0) is 60.7 Å². The number of benzene rings is 4. The summed E-state index contributed by atoms with van der Waals surface area (Å²) in [7, 11) is 1.59. The third-order valence-corrected chi connectivity index (χ3v) is 6.10. The lowest BCUT2D eigenvalue weighted by atomic mass is 10.2. The highest BCUT2D eigenvalue weighted by molar-refractivity contribution is 5.82. The summed E-state index contributed by atoms with van der Waals surface area (Å²) >= 11 is 0.